The van der Waals surface area contributed by atoms with Crippen LogP contribution in [0.2, 0.25) is 10.0 Å². The number of aromatic nitrogens is 2. The number of aryl methyl sites for hydroxylation is 1. The van der Waals surface area contributed by atoms with Crippen LogP contribution in [0.4, 0.5) is 0 Å². The highest BCUT2D eigenvalue weighted by atomic mass is 35.5. The first kappa shape index (κ1) is 14.8. The summed E-state index contributed by atoms with van der Waals surface area (Å²) in [5.74, 6) is 0.212. The maximum absolute atomic E-state index is 9.53. The zero-order valence-corrected chi connectivity index (χ0v) is 13.1. The summed E-state index contributed by atoms with van der Waals surface area (Å²) in [4.78, 5) is 0. The molecule has 0 atom stereocenters. The number of aromatic hydroxyl groups is 2. The van der Waals surface area contributed by atoms with Crippen LogP contribution >= 0.6 is 23.2 Å². The molecule has 2 aromatic carbocycles. The van der Waals surface area contributed by atoms with E-state index in [0.717, 1.165) is 17.0 Å². The van der Waals surface area contributed by atoms with Crippen LogP contribution in [0, 0.1) is 0 Å². The van der Waals surface area contributed by atoms with Crippen LogP contribution in [0.5, 0.6) is 11.5 Å². The largest absolute Gasteiger partial charge is 0.508 e. The minimum absolute atomic E-state index is 0.0136. The fourth-order valence-electron chi connectivity index (χ4n) is 2.28. The van der Waals surface area contributed by atoms with E-state index in [1.807, 2.05) is 6.07 Å². The molecule has 112 valence electrons. The van der Waals surface area contributed by atoms with Gasteiger partial charge >= 0.3 is 0 Å². The van der Waals surface area contributed by atoms with Crippen molar-refractivity contribution in [3.05, 3.63) is 52.5 Å². The third kappa shape index (κ3) is 2.63. The van der Waals surface area contributed by atoms with Crippen LogP contribution in [0.15, 0.2) is 42.5 Å². The predicted octanol–water partition coefficient (Wildman–Crippen LogP) is 4.47. The first-order valence-corrected chi connectivity index (χ1v) is 7.23. The lowest BCUT2D eigenvalue weighted by Gasteiger charge is -2.07. The van der Waals surface area contributed by atoms with E-state index in [1.54, 1.807) is 36.0 Å². The number of rotatable bonds is 2. The molecule has 0 fully saturated rings. The van der Waals surface area contributed by atoms with Crippen LogP contribution in [0.25, 0.3) is 22.5 Å². The molecular formula is C16H12Cl2N2O2. The molecule has 0 saturated heterocycles. The third-order valence-electron chi connectivity index (χ3n) is 3.33. The number of phenolic OH excluding ortho intramolecular Hbond substituents is 2. The van der Waals surface area contributed by atoms with Gasteiger partial charge in [0.15, 0.2) is 0 Å². The maximum atomic E-state index is 9.53. The molecule has 0 spiro atoms. The Morgan fingerprint density at radius 2 is 1.50 bits per heavy atom. The first-order chi connectivity index (χ1) is 10.5. The summed E-state index contributed by atoms with van der Waals surface area (Å²) >= 11 is 12.4. The van der Waals surface area contributed by atoms with Crippen molar-refractivity contribution in [3.63, 3.8) is 0 Å². The normalized spacial score (nSPS) is 10.9. The zero-order valence-electron chi connectivity index (χ0n) is 11.6. The molecule has 0 unspecified atom stereocenters. The molecule has 0 amide bonds. The van der Waals surface area contributed by atoms with E-state index in [0.29, 0.717) is 15.6 Å². The van der Waals surface area contributed by atoms with Gasteiger partial charge in [-0.1, -0.05) is 23.2 Å². The maximum Gasteiger partial charge on any atom is 0.118 e. The molecule has 4 nitrogen and oxygen atoms in total. The van der Waals surface area contributed by atoms with Gasteiger partial charge < -0.3 is 10.2 Å². The lowest BCUT2D eigenvalue weighted by atomic mass is 10.1. The van der Waals surface area contributed by atoms with Crippen molar-refractivity contribution < 1.29 is 10.2 Å². The molecule has 0 saturated carbocycles. The van der Waals surface area contributed by atoms with E-state index >= 15 is 0 Å². The van der Waals surface area contributed by atoms with Gasteiger partial charge in [-0.25, -0.2) is 0 Å². The Morgan fingerprint density at radius 1 is 0.909 bits per heavy atom. The van der Waals surface area contributed by atoms with Crippen molar-refractivity contribution >= 4 is 23.2 Å². The molecule has 2 N–H and O–H groups in total. The molecule has 1 heterocycles. The molecule has 0 bridgehead atoms. The highest BCUT2D eigenvalue weighted by molar-refractivity contribution is 6.39. The second-order valence-electron chi connectivity index (χ2n) is 4.87. The first-order valence-electron chi connectivity index (χ1n) is 6.47. The standard InChI is InChI=1S/C16H12Cl2N2O2/c1-20-15(16-12(17)6-11(22)7-13(16)18)8-14(19-20)9-2-4-10(21)5-3-9/h2-8,21-22H,1H3. The lowest BCUT2D eigenvalue weighted by molar-refractivity contribution is 0.475. The summed E-state index contributed by atoms with van der Waals surface area (Å²) in [6.45, 7) is 0. The van der Waals surface area contributed by atoms with Crippen molar-refractivity contribution in [1.29, 1.82) is 0 Å². The van der Waals surface area contributed by atoms with Crippen molar-refractivity contribution in [2.75, 3.05) is 0 Å². The highest BCUT2D eigenvalue weighted by Crippen LogP contribution is 2.38. The average molecular weight is 335 g/mol. The molecule has 3 rings (SSSR count). The smallest absolute Gasteiger partial charge is 0.118 e. The number of nitrogens with zero attached hydrogens (tertiary/aromatic N) is 2. The SMILES string of the molecule is Cn1nc(-c2ccc(O)cc2)cc1-c1c(Cl)cc(O)cc1Cl. The Hall–Kier alpha value is -2.17. The van der Waals surface area contributed by atoms with E-state index in [-0.39, 0.29) is 11.5 Å². The number of hydrogen-bond donors (Lipinski definition) is 2. The fourth-order valence-corrected chi connectivity index (χ4v) is 2.95. The summed E-state index contributed by atoms with van der Waals surface area (Å²) in [5, 5.41) is 24.0. The average Bonchev–Trinajstić information content (AvgIpc) is 2.80. The van der Waals surface area contributed by atoms with Gasteiger partial charge in [-0.3, -0.25) is 4.68 Å². The van der Waals surface area contributed by atoms with E-state index in [4.69, 9.17) is 23.2 Å². The summed E-state index contributed by atoms with van der Waals surface area (Å²) in [5.41, 5.74) is 2.95. The summed E-state index contributed by atoms with van der Waals surface area (Å²) < 4.78 is 1.67. The Kier molecular flexibility index (Phi) is 3.72. The minimum atomic E-state index is 0.0136. The van der Waals surface area contributed by atoms with Crippen molar-refractivity contribution in [2.24, 2.45) is 7.05 Å². The van der Waals surface area contributed by atoms with Gasteiger partial charge in [-0.15, -0.1) is 0 Å². The molecule has 22 heavy (non-hydrogen) atoms. The summed E-state index contributed by atoms with van der Waals surface area (Å²) in [6, 6.07) is 11.5. The number of phenols is 2. The van der Waals surface area contributed by atoms with Gasteiger partial charge in [0, 0.05) is 18.2 Å². The molecule has 6 heteroatoms. The Bertz CT molecular complexity index is 819. The van der Waals surface area contributed by atoms with Crippen LogP contribution < -0.4 is 0 Å². The van der Waals surface area contributed by atoms with E-state index in [2.05, 4.69) is 5.10 Å². The van der Waals surface area contributed by atoms with Gasteiger partial charge in [-0.2, -0.15) is 5.10 Å². The predicted molar refractivity (Wildman–Crippen MR) is 87.4 cm³/mol. The Morgan fingerprint density at radius 3 is 2.09 bits per heavy atom. The van der Waals surface area contributed by atoms with Crippen LogP contribution in [0.3, 0.4) is 0 Å². The van der Waals surface area contributed by atoms with Crippen molar-refractivity contribution in [2.45, 2.75) is 0 Å². The van der Waals surface area contributed by atoms with Crippen LogP contribution in [-0.4, -0.2) is 20.0 Å². The second kappa shape index (κ2) is 5.55. The molecule has 0 radical (unpaired) electrons. The second-order valence-corrected chi connectivity index (χ2v) is 5.68. The van der Waals surface area contributed by atoms with Crippen molar-refractivity contribution in [1.82, 2.24) is 9.78 Å². The number of benzene rings is 2. The fraction of sp³-hybridized carbons (Fsp3) is 0.0625. The van der Waals surface area contributed by atoms with Gasteiger partial charge in [0.05, 0.1) is 21.4 Å². The van der Waals surface area contributed by atoms with E-state index in [1.165, 1.54) is 12.1 Å². The molecule has 3 aromatic rings. The van der Waals surface area contributed by atoms with Gasteiger partial charge in [0.1, 0.15) is 11.5 Å². The summed E-state index contributed by atoms with van der Waals surface area (Å²) in [7, 11) is 1.79. The molecule has 0 aliphatic rings. The minimum Gasteiger partial charge on any atom is -0.508 e. The highest BCUT2D eigenvalue weighted by Gasteiger charge is 2.16. The molecule has 0 aliphatic carbocycles. The van der Waals surface area contributed by atoms with Gasteiger partial charge in [0.25, 0.3) is 0 Å². The zero-order chi connectivity index (χ0) is 15.9. The van der Waals surface area contributed by atoms with E-state index < -0.39 is 0 Å². The quantitative estimate of drug-likeness (QED) is 0.726. The van der Waals surface area contributed by atoms with Gasteiger partial charge in [-0.05, 0) is 42.5 Å². The Balaban J connectivity index is 2.12. The topological polar surface area (TPSA) is 58.3 Å². The molecular weight excluding hydrogens is 323 g/mol. The van der Waals surface area contributed by atoms with E-state index in [9.17, 15) is 10.2 Å². The van der Waals surface area contributed by atoms with Crippen LogP contribution in [0.1, 0.15) is 0 Å². The van der Waals surface area contributed by atoms with Gasteiger partial charge in [0.2, 0.25) is 0 Å². The number of hydrogen-bond acceptors (Lipinski definition) is 3. The molecule has 0 aliphatic heterocycles. The third-order valence-corrected chi connectivity index (χ3v) is 3.92. The van der Waals surface area contributed by atoms with Crippen molar-refractivity contribution in [3.8, 4) is 34.0 Å². The van der Waals surface area contributed by atoms with Crippen LogP contribution in [-0.2, 0) is 7.05 Å². The number of halogens is 2. The Labute approximate surface area is 137 Å². The summed E-state index contributed by atoms with van der Waals surface area (Å²) in [6.07, 6.45) is 0. The monoisotopic (exact) mass is 334 g/mol. The lowest BCUT2D eigenvalue weighted by Crippen LogP contribution is -1.95. The molecule has 1 aromatic heterocycles.